The van der Waals surface area contributed by atoms with Crippen molar-refractivity contribution >= 4 is 0 Å². The Morgan fingerprint density at radius 3 is 2.79 bits per heavy atom. The summed E-state index contributed by atoms with van der Waals surface area (Å²) in [6, 6.07) is 6.10. The Bertz CT molecular complexity index is 386. The lowest BCUT2D eigenvalue weighted by Crippen LogP contribution is -2.42. The molecule has 3 heteroatoms. The van der Waals surface area contributed by atoms with Crippen LogP contribution in [0, 0.1) is 5.92 Å². The fourth-order valence-corrected chi connectivity index (χ4v) is 3.82. The molecule has 2 fully saturated rings. The molecule has 104 valence electrons. The van der Waals surface area contributed by atoms with Gasteiger partial charge in [0, 0.05) is 30.5 Å². The van der Waals surface area contributed by atoms with Crippen LogP contribution in [0.3, 0.4) is 0 Å². The third kappa shape index (κ3) is 2.98. The average molecular weight is 259 g/mol. The molecule has 1 aromatic rings. The Balaban J connectivity index is 1.62. The van der Waals surface area contributed by atoms with Crippen molar-refractivity contribution < 1.29 is 0 Å². The Morgan fingerprint density at radius 1 is 1.21 bits per heavy atom. The second-order valence-electron chi connectivity index (χ2n) is 6.07. The summed E-state index contributed by atoms with van der Waals surface area (Å²) in [4.78, 5) is 4.10. The number of nitrogens with zero attached hydrogens (tertiary/aromatic N) is 1. The molecule has 19 heavy (non-hydrogen) atoms. The molecule has 0 spiro atoms. The number of hydrogen-bond donors (Lipinski definition) is 2. The first kappa shape index (κ1) is 13.1. The minimum absolute atomic E-state index is 0.426. The normalized spacial score (nSPS) is 32.6. The van der Waals surface area contributed by atoms with Crippen molar-refractivity contribution in [1.29, 1.82) is 0 Å². The molecule has 1 aromatic heterocycles. The monoisotopic (exact) mass is 259 g/mol. The molecule has 1 aliphatic heterocycles. The van der Waals surface area contributed by atoms with E-state index in [1.807, 2.05) is 12.4 Å². The molecule has 4 atom stereocenters. The van der Waals surface area contributed by atoms with E-state index < -0.39 is 0 Å². The standard InChI is InChI=1S/C16H25N3/c1-12(13-7-10-17-11-8-13)19-16-5-2-4-14(16)15-6-3-9-18-15/h7-8,10-12,14-16,18-19H,2-6,9H2,1H3/t12-,14?,15?,16?/m0/s1. The van der Waals surface area contributed by atoms with Crippen LogP contribution in [0.2, 0.25) is 0 Å². The van der Waals surface area contributed by atoms with E-state index in [2.05, 4.69) is 34.7 Å². The molecule has 2 aliphatic rings. The molecule has 3 unspecified atom stereocenters. The minimum Gasteiger partial charge on any atom is -0.314 e. The summed E-state index contributed by atoms with van der Waals surface area (Å²) in [6.45, 7) is 3.49. The summed E-state index contributed by atoms with van der Waals surface area (Å²) in [7, 11) is 0. The highest BCUT2D eigenvalue weighted by molar-refractivity contribution is 5.14. The van der Waals surface area contributed by atoms with E-state index in [1.54, 1.807) is 0 Å². The van der Waals surface area contributed by atoms with Crippen molar-refractivity contribution in [3.63, 3.8) is 0 Å². The van der Waals surface area contributed by atoms with Crippen LogP contribution in [-0.4, -0.2) is 23.6 Å². The molecule has 1 saturated carbocycles. The third-order valence-corrected chi connectivity index (χ3v) is 4.85. The average Bonchev–Trinajstić information content (AvgIpc) is 3.10. The molecule has 0 radical (unpaired) electrons. The zero-order chi connectivity index (χ0) is 13.1. The van der Waals surface area contributed by atoms with Crippen molar-refractivity contribution in [2.45, 2.75) is 57.2 Å². The highest BCUT2D eigenvalue weighted by atomic mass is 15.0. The van der Waals surface area contributed by atoms with Gasteiger partial charge in [-0.15, -0.1) is 0 Å². The predicted octanol–water partition coefficient (Wildman–Crippen LogP) is 2.65. The van der Waals surface area contributed by atoms with E-state index in [0.717, 1.165) is 12.0 Å². The fraction of sp³-hybridized carbons (Fsp3) is 0.688. The maximum Gasteiger partial charge on any atom is 0.0295 e. The van der Waals surface area contributed by atoms with Crippen molar-refractivity contribution in [2.75, 3.05) is 6.54 Å². The molecule has 2 N–H and O–H groups in total. The summed E-state index contributed by atoms with van der Waals surface area (Å²) in [5.74, 6) is 0.826. The van der Waals surface area contributed by atoms with Gasteiger partial charge in [-0.25, -0.2) is 0 Å². The van der Waals surface area contributed by atoms with Crippen molar-refractivity contribution in [3.8, 4) is 0 Å². The van der Waals surface area contributed by atoms with Crippen LogP contribution in [0.1, 0.15) is 50.6 Å². The van der Waals surface area contributed by atoms with Gasteiger partial charge in [-0.2, -0.15) is 0 Å². The summed E-state index contributed by atoms with van der Waals surface area (Å²) < 4.78 is 0. The van der Waals surface area contributed by atoms with E-state index in [4.69, 9.17) is 0 Å². The number of aromatic nitrogens is 1. The smallest absolute Gasteiger partial charge is 0.0295 e. The zero-order valence-electron chi connectivity index (χ0n) is 11.8. The van der Waals surface area contributed by atoms with Crippen LogP contribution in [0.4, 0.5) is 0 Å². The first-order chi connectivity index (χ1) is 9.34. The Morgan fingerprint density at radius 2 is 2.05 bits per heavy atom. The van der Waals surface area contributed by atoms with E-state index in [1.165, 1.54) is 44.2 Å². The SMILES string of the molecule is C[C@H](NC1CCCC1C1CCCN1)c1ccncc1. The van der Waals surface area contributed by atoms with E-state index >= 15 is 0 Å². The topological polar surface area (TPSA) is 37.0 Å². The molecule has 0 amide bonds. The lowest BCUT2D eigenvalue weighted by atomic mass is 9.92. The van der Waals surface area contributed by atoms with Gasteiger partial charge in [-0.1, -0.05) is 6.42 Å². The maximum absolute atomic E-state index is 4.10. The highest BCUT2D eigenvalue weighted by Crippen LogP contribution is 2.33. The quantitative estimate of drug-likeness (QED) is 0.873. The molecule has 2 heterocycles. The number of rotatable bonds is 4. The molecule has 3 nitrogen and oxygen atoms in total. The van der Waals surface area contributed by atoms with Gasteiger partial charge >= 0.3 is 0 Å². The fourth-order valence-electron chi connectivity index (χ4n) is 3.82. The minimum atomic E-state index is 0.426. The van der Waals surface area contributed by atoms with Gasteiger partial charge in [0.2, 0.25) is 0 Å². The molecule has 1 aliphatic carbocycles. The van der Waals surface area contributed by atoms with Gasteiger partial charge in [0.1, 0.15) is 0 Å². The summed E-state index contributed by atoms with van der Waals surface area (Å²) in [5, 5.41) is 7.55. The van der Waals surface area contributed by atoms with E-state index in [9.17, 15) is 0 Å². The van der Waals surface area contributed by atoms with Gasteiger partial charge < -0.3 is 10.6 Å². The van der Waals surface area contributed by atoms with Gasteiger partial charge in [-0.3, -0.25) is 4.98 Å². The van der Waals surface area contributed by atoms with Crippen LogP contribution >= 0.6 is 0 Å². The van der Waals surface area contributed by atoms with Gasteiger partial charge in [0.15, 0.2) is 0 Å². The second kappa shape index (κ2) is 6.02. The maximum atomic E-state index is 4.10. The number of hydrogen-bond acceptors (Lipinski definition) is 3. The molecule has 0 bridgehead atoms. The van der Waals surface area contributed by atoms with Crippen LogP contribution in [-0.2, 0) is 0 Å². The van der Waals surface area contributed by atoms with E-state index in [0.29, 0.717) is 12.1 Å². The van der Waals surface area contributed by atoms with Gasteiger partial charge in [-0.05, 0) is 62.8 Å². The lowest BCUT2D eigenvalue weighted by molar-refractivity contribution is 0.303. The molecule has 0 aromatic carbocycles. The number of pyridine rings is 1. The summed E-state index contributed by atoms with van der Waals surface area (Å²) in [5.41, 5.74) is 1.35. The zero-order valence-corrected chi connectivity index (χ0v) is 11.8. The van der Waals surface area contributed by atoms with Gasteiger partial charge in [0.25, 0.3) is 0 Å². The first-order valence-electron chi connectivity index (χ1n) is 7.74. The van der Waals surface area contributed by atoms with E-state index in [-0.39, 0.29) is 0 Å². The Labute approximate surface area is 116 Å². The van der Waals surface area contributed by atoms with Crippen molar-refractivity contribution in [2.24, 2.45) is 5.92 Å². The van der Waals surface area contributed by atoms with Gasteiger partial charge in [0.05, 0.1) is 0 Å². The van der Waals surface area contributed by atoms with Crippen LogP contribution < -0.4 is 10.6 Å². The number of nitrogens with one attached hydrogen (secondary N) is 2. The van der Waals surface area contributed by atoms with Crippen molar-refractivity contribution in [3.05, 3.63) is 30.1 Å². The molecule has 3 rings (SSSR count). The second-order valence-corrected chi connectivity index (χ2v) is 6.07. The highest BCUT2D eigenvalue weighted by Gasteiger charge is 2.35. The Hall–Kier alpha value is -0.930. The predicted molar refractivity (Wildman–Crippen MR) is 77.9 cm³/mol. The molecular formula is C16H25N3. The van der Waals surface area contributed by atoms with Crippen LogP contribution in [0.25, 0.3) is 0 Å². The largest absolute Gasteiger partial charge is 0.314 e. The molecule has 1 saturated heterocycles. The first-order valence-corrected chi connectivity index (χ1v) is 7.74. The van der Waals surface area contributed by atoms with Crippen LogP contribution in [0.15, 0.2) is 24.5 Å². The lowest BCUT2D eigenvalue weighted by Gasteiger charge is -2.29. The van der Waals surface area contributed by atoms with Crippen LogP contribution in [0.5, 0.6) is 0 Å². The summed E-state index contributed by atoms with van der Waals surface area (Å²) in [6.07, 6.45) is 10.6. The summed E-state index contributed by atoms with van der Waals surface area (Å²) >= 11 is 0. The van der Waals surface area contributed by atoms with Crippen molar-refractivity contribution in [1.82, 2.24) is 15.6 Å². The Kier molecular flexibility index (Phi) is 4.14. The molecular weight excluding hydrogens is 234 g/mol. The third-order valence-electron chi connectivity index (χ3n) is 4.85.